The van der Waals surface area contributed by atoms with Crippen LogP contribution in [0.25, 0.3) is 0 Å². The third-order valence-corrected chi connectivity index (χ3v) is 3.39. The first-order chi connectivity index (χ1) is 9.01. The summed E-state index contributed by atoms with van der Waals surface area (Å²) in [5.74, 6) is 0.582. The highest BCUT2D eigenvalue weighted by Crippen LogP contribution is 2.31. The minimum atomic E-state index is -0.425. The maximum Gasteiger partial charge on any atom is 0.310 e. The van der Waals surface area contributed by atoms with E-state index in [1.165, 1.54) is 13.2 Å². The van der Waals surface area contributed by atoms with Gasteiger partial charge in [0.05, 0.1) is 12.0 Å². The molecular weight excluding hydrogens is 244 g/mol. The molecule has 0 heterocycles. The number of benzene rings is 1. The minimum absolute atomic E-state index is 0.00706. The van der Waals surface area contributed by atoms with Gasteiger partial charge in [-0.15, -0.1) is 0 Å². The third kappa shape index (κ3) is 3.92. The lowest BCUT2D eigenvalue weighted by Gasteiger charge is -2.22. The van der Waals surface area contributed by atoms with Crippen LogP contribution in [0.4, 0.5) is 5.69 Å². The fraction of sp³-hybridized carbons (Fsp3) is 0.571. The highest BCUT2D eigenvalue weighted by Gasteiger charge is 2.19. The van der Waals surface area contributed by atoms with Crippen LogP contribution < -0.4 is 10.1 Å². The van der Waals surface area contributed by atoms with Gasteiger partial charge in [0.25, 0.3) is 0 Å². The molecule has 0 bridgehead atoms. The lowest BCUT2D eigenvalue weighted by molar-refractivity contribution is -0.385. The van der Waals surface area contributed by atoms with Gasteiger partial charge in [0.2, 0.25) is 0 Å². The van der Waals surface area contributed by atoms with Crippen molar-refractivity contribution in [3.05, 3.63) is 33.9 Å². The summed E-state index contributed by atoms with van der Waals surface area (Å²) in [7, 11) is 1.45. The predicted molar refractivity (Wildman–Crippen MR) is 75.8 cm³/mol. The monoisotopic (exact) mass is 266 g/mol. The van der Waals surface area contributed by atoms with Crippen LogP contribution in [0.1, 0.15) is 38.7 Å². The van der Waals surface area contributed by atoms with E-state index >= 15 is 0 Å². The quantitative estimate of drug-likeness (QED) is 0.608. The molecule has 1 rings (SSSR count). The molecule has 1 N–H and O–H groups in total. The van der Waals surface area contributed by atoms with Gasteiger partial charge in [0, 0.05) is 12.1 Å². The van der Waals surface area contributed by atoms with Crippen molar-refractivity contribution in [1.82, 2.24) is 5.32 Å². The van der Waals surface area contributed by atoms with Crippen LogP contribution in [0.2, 0.25) is 0 Å². The number of nitrogens with zero attached hydrogens (tertiary/aromatic N) is 1. The Morgan fingerprint density at radius 3 is 2.63 bits per heavy atom. The summed E-state index contributed by atoms with van der Waals surface area (Å²) in [6, 6.07) is 5.38. The number of nitro benzene ring substituents is 1. The SMILES string of the molecule is CCCNC(C)C(C)c1ccc([N+](=O)[O-])c(OC)c1. The molecule has 0 amide bonds. The van der Waals surface area contributed by atoms with Gasteiger partial charge in [-0.3, -0.25) is 10.1 Å². The van der Waals surface area contributed by atoms with E-state index in [1.807, 2.05) is 0 Å². The molecule has 5 heteroatoms. The van der Waals surface area contributed by atoms with Gasteiger partial charge in [0.15, 0.2) is 5.75 Å². The molecule has 0 aromatic heterocycles. The number of rotatable bonds is 7. The molecule has 2 unspecified atom stereocenters. The highest BCUT2D eigenvalue weighted by molar-refractivity contribution is 5.49. The third-order valence-electron chi connectivity index (χ3n) is 3.39. The van der Waals surface area contributed by atoms with Gasteiger partial charge >= 0.3 is 5.69 Å². The van der Waals surface area contributed by atoms with Gasteiger partial charge < -0.3 is 10.1 Å². The normalized spacial score (nSPS) is 13.9. The molecule has 2 atom stereocenters. The minimum Gasteiger partial charge on any atom is -0.490 e. The topological polar surface area (TPSA) is 64.4 Å². The Morgan fingerprint density at radius 2 is 2.11 bits per heavy atom. The van der Waals surface area contributed by atoms with Gasteiger partial charge in [-0.1, -0.05) is 19.9 Å². The van der Waals surface area contributed by atoms with Crippen molar-refractivity contribution >= 4 is 5.69 Å². The molecule has 1 aromatic rings. The average molecular weight is 266 g/mol. The Labute approximate surface area is 114 Å². The first-order valence-electron chi connectivity index (χ1n) is 6.57. The number of nitrogens with one attached hydrogen (secondary N) is 1. The van der Waals surface area contributed by atoms with Gasteiger partial charge in [-0.2, -0.15) is 0 Å². The molecule has 0 saturated carbocycles. The number of methoxy groups -OCH3 is 1. The zero-order chi connectivity index (χ0) is 14.4. The summed E-state index contributed by atoms with van der Waals surface area (Å²) >= 11 is 0. The Kier molecular flexibility index (Phi) is 5.76. The number of ether oxygens (including phenoxy) is 1. The van der Waals surface area contributed by atoms with E-state index in [0.717, 1.165) is 18.5 Å². The lowest BCUT2D eigenvalue weighted by Crippen LogP contribution is -2.31. The fourth-order valence-corrected chi connectivity index (χ4v) is 1.97. The second-order valence-electron chi connectivity index (χ2n) is 4.72. The van der Waals surface area contributed by atoms with E-state index in [-0.39, 0.29) is 11.6 Å². The Hall–Kier alpha value is -1.62. The van der Waals surface area contributed by atoms with Crippen molar-refractivity contribution < 1.29 is 9.66 Å². The molecule has 0 spiro atoms. The Morgan fingerprint density at radius 1 is 1.42 bits per heavy atom. The average Bonchev–Trinajstić information content (AvgIpc) is 2.42. The van der Waals surface area contributed by atoms with E-state index in [1.54, 1.807) is 12.1 Å². The van der Waals surface area contributed by atoms with Gasteiger partial charge in [-0.25, -0.2) is 0 Å². The lowest BCUT2D eigenvalue weighted by atomic mass is 9.94. The molecule has 0 radical (unpaired) electrons. The maximum atomic E-state index is 10.9. The van der Waals surface area contributed by atoms with Crippen LogP contribution in [0.15, 0.2) is 18.2 Å². The van der Waals surface area contributed by atoms with E-state index in [9.17, 15) is 10.1 Å². The largest absolute Gasteiger partial charge is 0.490 e. The van der Waals surface area contributed by atoms with Crippen molar-refractivity contribution in [3.8, 4) is 5.75 Å². The highest BCUT2D eigenvalue weighted by atomic mass is 16.6. The van der Waals surface area contributed by atoms with Gasteiger partial charge in [0.1, 0.15) is 0 Å². The first kappa shape index (κ1) is 15.4. The summed E-state index contributed by atoms with van der Waals surface area (Å²) < 4.78 is 5.10. The Balaban J connectivity index is 2.92. The van der Waals surface area contributed by atoms with Crippen LogP contribution >= 0.6 is 0 Å². The number of nitro groups is 1. The summed E-state index contributed by atoms with van der Waals surface area (Å²) in [5.41, 5.74) is 1.05. The number of hydrogen-bond donors (Lipinski definition) is 1. The van der Waals surface area contributed by atoms with Gasteiger partial charge in [-0.05, 0) is 37.4 Å². The van der Waals surface area contributed by atoms with E-state index in [4.69, 9.17) is 4.74 Å². The second kappa shape index (κ2) is 7.09. The maximum absolute atomic E-state index is 10.9. The van der Waals surface area contributed by atoms with E-state index in [2.05, 4.69) is 26.1 Å². The van der Waals surface area contributed by atoms with Crippen LogP contribution in [0.5, 0.6) is 5.75 Å². The molecule has 19 heavy (non-hydrogen) atoms. The molecule has 0 fully saturated rings. The zero-order valence-electron chi connectivity index (χ0n) is 12.0. The van der Waals surface area contributed by atoms with Crippen LogP contribution in [-0.4, -0.2) is 24.6 Å². The van der Waals surface area contributed by atoms with E-state index < -0.39 is 4.92 Å². The van der Waals surface area contributed by atoms with Crippen molar-refractivity contribution in [2.75, 3.05) is 13.7 Å². The standard InChI is InChI=1S/C14H22N2O3/c1-5-8-15-11(3)10(2)12-6-7-13(16(17)18)14(9-12)19-4/h6-7,9-11,15H,5,8H2,1-4H3. The first-order valence-corrected chi connectivity index (χ1v) is 6.57. The smallest absolute Gasteiger partial charge is 0.310 e. The molecule has 1 aromatic carbocycles. The summed E-state index contributed by atoms with van der Waals surface area (Å²) in [5, 5.41) is 14.3. The molecule has 5 nitrogen and oxygen atoms in total. The number of hydrogen-bond acceptors (Lipinski definition) is 4. The van der Waals surface area contributed by atoms with Crippen molar-refractivity contribution in [2.45, 2.75) is 39.2 Å². The van der Waals surface area contributed by atoms with Crippen LogP contribution in [0.3, 0.4) is 0 Å². The molecule has 0 aliphatic heterocycles. The molecule has 0 aliphatic carbocycles. The Bertz CT molecular complexity index is 435. The fourth-order valence-electron chi connectivity index (χ4n) is 1.97. The van der Waals surface area contributed by atoms with Crippen molar-refractivity contribution in [3.63, 3.8) is 0 Å². The predicted octanol–water partition coefficient (Wildman–Crippen LogP) is 3.10. The van der Waals surface area contributed by atoms with Crippen LogP contribution in [-0.2, 0) is 0 Å². The summed E-state index contributed by atoms with van der Waals surface area (Å²) in [6.07, 6.45) is 1.08. The molecule has 0 saturated heterocycles. The zero-order valence-corrected chi connectivity index (χ0v) is 12.0. The van der Waals surface area contributed by atoms with Crippen molar-refractivity contribution in [1.29, 1.82) is 0 Å². The van der Waals surface area contributed by atoms with Crippen molar-refractivity contribution in [2.24, 2.45) is 0 Å². The summed E-state index contributed by atoms with van der Waals surface area (Å²) in [6.45, 7) is 7.32. The second-order valence-corrected chi connectivity index (χ2v) is 4.72. The molecule has 106 valence electrons. The summed E-state index contributed by atoms with van der Waals surface area (Å²) in [4.78, 5) is 10.4. The molecular formula is C14H22N2O3. The van der Waals surface area contributed by atoms with Crippen LogP contribution in [0, 0.1) is 10.1 Å². The molecule has 0 aliphatic rings. The van der Waals surface area contributed by atoms with E-state index in [0.29, 0.717) is 11.8 Å².